The van der Waals surface area contributed by atoms with Crippen LogP contribution in [0.15, 0.2) is 0 Å². The van der Waals surface area contributed by atoms with Crippen LogP contribution >= 0.6 is 0 Å². The van der Waals surface area contributed by atoms with Crippen molar-refractivity contribution in [1.29, 1.82) is 0 Å². The molecule has 0 aromatic rings. The largest absolute Gasteiger partial charge is 1.00 e. The maximum atomic E-state index is 12.0. The van der Waals surface area contributed by atoms with Gasteiger partial charge in [0.1, 0.15) is 10.1 Å². The molecule has 1 aliphatic heterocycles. The molecule has 0 aromatic carbocycles. The number of nitrogens with zero attached hydrogens (tertiary/aromatic N) is 1. The summed E-state index contributed by atoms with van der Waals surface area (Å²) in [6.45, 7) is 7.77. The van der Waals surface area contributed by atoms with Crippen molar-refractivity contribution in [3.8, 4) is 0 Å². The first-order valence-electron chi connectivity index (χ1n) is 7.52. The number of carboxylic acids is 1. The number of rotatable bonds is 6. The van der Waals surface area contributed by atoms with E-state index in [9.17, 15) is 22.6 Å². The first kappa shape index (κ1) is 24.8. The van der Waals surface area contributed by atoms with Gasteiger partial charge in [0.25, 0.3) is 0 Å². The van der Waals surface area contributed by atoms with Crippen LogP contribution in [-0.2, 0) is 24.5 Å². The molecule has 11 heteroatoms. The maximum Gasteiger partial charge on any atom is 1.00 e. The van der Waals surface area contributed by atoms with Crippen LogP contribution in [0.2, 0.25) is 0 Å². The van der Waals surface area contributed by atoms with E-state index in [2.05, 4.69) is 5.32 Å². The van der Waals surface area contributed by atoms with Gasteiger partial charge < -0.3 is 19.8 Å². The van der Waals surface area contributed by atoms with Crippen molar-refractivity contribution in [2.24, 2.45) is 0 Å². The quantitative estimate of drug-likeness (QED) is 0.365. The number of hydroxylamine groups is 2. The van der Waals surface area contributed by atoms with Crippen molar-refractivity contribution in [2.45, 2.75) is 69.3 Å². The zero-order chi connectivity index (χ0) is 18.9. The molecule has 140 valence electrons. The van der Waals surface area contributed by atoms with Gasteiger partial charge in [-0.25, -0.2) is 8.42 Å². The summed E-state index contributed by atoms with van der Waals surface area (Å²) in [5, 5.41) is 11.0. The molecule has 0 aromatic heterocycles. The number of amides is 1. The van der Waals surface area contributed by atoms with Gasteiger partial charge in [-0.15, -0.1) is 0 Å². The second-order valence-corrected chi connectivity index (χ2v) is 8.85. The van der Waals surface area contributed by atoms with E-state index in [1.807, 2.05) is 32.8 Å². The first-order chi connectivity index (χ1) is 10.7. The van der Waals surface area contributed by atoms with Crippen LogP contribution in [0.5, 0.6) is 0 Å². The fourth-order valence-corrected chi connectivity index (χ4v) is 4.23. The normalized spacial score (nSPS) is 21.8. The molecule has 1 aliphatic rings. The average molecular weight is 388 g/mol. The maximum absolute atomic E-state index is 12.0. The summed E-state index contributed by atoms with van der Waals surface area (Å²) in [4.78, 5) is 28.3. The molecule has 9 nitrogen and oxygen atoms in total. The number of carboxylic acid groups (broad SMARTS) is 1. The zero-order valence-corrected chi connectivity index (χ0v) is 18.3. The van der Waals surface area contributed by atoms with Crippen LogP contribution in [0.4, 0.5) is 0 Å². The molecular formula is C14H25N2NaO7S. The molecule has 1 rings (SSSR count). The van der Waals surface area contributed by atoms with Crippen LogP contribution in [0.3, 0.4) is 0 Å². The molecule has 0 spiro atoms. The zero-order valence-electron chi connectivity index (χ0n) is 15.5. The second kappa shape index (κ2) is 8.64. The van der Waals surface area contributed by atoms with E-state index in [1.54, 1.807) is 7.11 Å². The van der Waals surface area contributed by atoms with Gasteiger partial charge >= 0.3 is 35.5 Å². The minimum absolute atomic E-state index is 0. The van der Waals surface area contributed by atoms with Crippen LogP contribution in [0.1, 0.15) is 47.0 Å². The van der Waals surface area contributed by atoms with Crippen molar-refractivity contribution in [3.05, 3.63) is 0 Å². The van der Waals surface area contributed by atoms with E-state index >= 15 is 0 Å². The third-order valence-electron chi connectivity index (χ3n) is 4.13. The summed E-state index contributed by atoms with van der Waals surface area (Å²) in [6.07, 6.45) is 0.155. The number of hydrogen-bond donors (Lipinski definition) is 2. The summed E-state index contributed by atoms with van der Waals surface area (Å²) < 4.78 is 32.8. The predicted molar refractivity (Wildman–Crippen MR) is 83.9 cm³/mol. The summed E-state index contributed by atoms with van der Waals surface area (Å²) >= 11 is 0. The van der Waals surface area contributed by atoms with Crippen molar-refractivity contribution in [3.63, 3.8) is 0 Å². The molecule has 1 amide bonds. The van der Waals surface area contributed by atoms with Crippen LogP contribution in [0.25, 0.3) is 0 Å². The van der Waals surface area contributed by atoms with E-state index in [-0.39, 0.29) is 35.6 Å². The van der Waals surface area contributed by atoms with Crippen molar-refractivity contribution in [2.75, 3.05) is 7.11 Å². The van der Waals surface area contributed by atoms with Crippen molar-refractivity contribution < 1.29 is 62.1 Å². The number of hydrogen-bond acceptors (Lipinski definition) is 7. The van der Waals surface area contributed by atoms with E-state index < -0.39 is 44.7 Å². The molecule has 0 saturated carbocycles. The molecule has 25 heavy (non-hydrogen) atoms. The predicted octanol–water partition coefficient (Wildman–Crippen LogP) is -2.92. The van der Waals surface area contributed by atoms with E-state index in [0.717, 1.165) is 0 Å². The molecule has 1 heterocycles. The van der Waals surface area contributed by atoms with Gasteiger partial charge in [-0.3, -0.25) is 9.59 Å². The Morgan fingerprint density at radius 2 is 1.72 bits per heavy atom. The van der Waals surface area contributed by atoms with Crippen LogP contribution in [-0.4, -0.2) is 64.5 Å². The van der Waals surface area contributed by atoms with Gasteiger partial charge in [0, 0.05) is 17.1 Å². The Labute approximate surface area is 170 Å². The Hall–Kier alpha value is -0.230. The Bertz CT molecular complexity index is 588. The van der Waals surface area contributed by atoms with Gasteiger partial charge in [-0.1, -0.05) is 0 Å². The van der Waals surface area contributed by atoms with Crippen molar-refractivity contribution in [1.82, 2.24) is 10.4 Å². The number of piperidine rings is 1. The molecule has 1 atom stereocenters. The monoisotopic (exact) mass is 388 g/mol. The van der Waals surface area contributed by atoms with E-state index in [1.165, 1.54) is 0 Å². The average Bonchev–Trinajstić information content (AvgIpc) is 2.31. The van der Waals surface area contributed by atoms with Gasteiger partial charge in [0.2, 0.25) is 5.91 Å². The standard InChI is InChI=1S/C14H26N2O7S.Na/c1-13(2)7-9(8-14(3,4)16(13)23-5)15-11(17)6-10(12(18)19)24(20,21)22;/h9-10H,6-8H2,1-5H3,(H,15,17)(H,18,19)(H,20,21,22);/q;+1/p-1. The smallest absolute Gasteiger partial charge is 0.747 e. The Morgan fingerprint density at radius 3 is 2.04 bits per heavy atom. The first-order valence-corrected chi connectivity index (χ1v) is 8.99. The third-order valence-corrected chi connectivity index (χ3v) is 5.20. The minimum atomic E-state index is -5.10. The van der Waals surface area contributed by atoms with E-state index in [0.29, 0.717) is 12.8 Å². The fraction of sp³-hybridized carbons (Fsp3) is 0.857. The number of carbonyl (C=O) groups excluding carboxylic acids is 1. The topological polar surface area (TPSA) is 136 Å². The summed E-state index contributed by atoms with van der Waals surface area (Å²) in [5.41, 5.74) is -0.795. The summed E-state index contributed by atoms with van der Waals surface area (Å²) in [7, 11) is -3.53. The van der Waals surface area contributed by atoms with E-state index in [4.69, 9.17) is 9.94 Å². The summed E-state index contributed by atoms with van der Waals surface area (Å²) in [5.74, 6) is -2.60. The van der Waals surface area contributed by atoms with Gasteiger partial charge in [0.05, 0.1) is 13.5 Å². The second-order valence-electron chi connectivity index (χ2n) is 7.30. The molecule has 1 saturated heterocycles. The Kier molecular flexibility index (Phi) is 8.56. The molecule has 0 radical (unpaired) electrons. The summed E-state index contributed by atoms with van der Waals surface area (Å²) in [6, 6.07) is -0.294. The third kappa shape index (κ3) is 6.46. The molecular weight excluding hydrogens is 363 g/mol. The molecule has 0 bridgehead atoms. The number of nitrogens with one attached hydrogen (secondary N) is 1. The molecule has 0 aliphatic carbocycles. The SMILES string of the molecule is CON1C(C)(C)CC(NC(=O)CC(C(=O)O)S(=O)(=O)[O-])CC1(C)C.[Na+]. The molecule has 2 N–H and O–H groups in total. The van der Waals surface area contributed by atoms with Gasteiger partial charge in [-0.05, 0) is 40.5 Å². The molecule has 1 fully saturated rings. The van der Waals surface area contributed by atoms with Crippen LogP contribution < -0.4 is 34.9 Å². The van der Waals surface area contributed by atoms with Crippen molar-refractivity contribution >= 4 is 22.0 Å². The number of aliphatic carboxylic acids is 1. The van der Waals surface area contributed by atoms with Crippen LogP contribution in [0, 0.1) is 0 Å². The minimum Gasteiger partial charge on any atom is -0.747 e. The molecule has 1 unspecified atom stereocenters. The Morgan fingerprint density at radius 1 is 1.28 bits per heavy atom. The van der Waals surface area contributed by atoms with Gasteiger partial charge in [0.15, 0.2) is 5.25 Å². The number of carbonyl (C=O) groups is 2. The fourth-order valence-electron chi connectivity index (χ4n) is 3.63. The van der Waals surface area contributed by atoms with Gasteiger partial charge in [-0.2, -0.15) is 5.06 Å². The Balaban J connectivity index is 0.00000576.